The van der Waals surface area contributed by atoms with E-state index in [1.807, 2.05) is 6.92 Å². The van der Waals surface area contributed by atoms with E-state index in [0.29, 0.717) is 30.3 Å². The normalized spacial score (nSPS) is 29.3. The van der Waals surface area contributed by atoms with E-state index in [1.165, 1.54) is 11.0 Å². The van der Waals surface area contributed by atoms with E-state index in [2.05, 4.69) is 11.9 Å². The summed E-state index contributed by atoms with van der Waals surface area (Å²) < 4.78 is 26.9. The Hall–Kier alpha value is -2.41. The monoisotopic (exact) mass is 401 g/mol. The number of carbonyl (C=O) groups is 1. The summed E-state index contributed by atoms with van der Waals surface area (Å²) in [6.07, 6.45) is 3.55. The second-order valence-electron chi connectivity index (χ2n) is 8.35. The Labute approximate surface area is 170 Å². The molecule has 4 rings (SSSR count). The summed E-state index contributed by atoms with van der Waals surface area (Å²) in [6.45, 7) is 6.42. The fraction of sp³-hybridized carbons (Fsp3) is 0.545. The Morgan fingerprint density at radius 2 is 2.24 bits per heavy atom. The van der Waals surface area contributed by atoms with Gasteiger partial charge in [-0.15, -0.1) is 0 Å². The van der Waals surface area contributed by atoms with Crippen LogP contribution in [-0.2, 0) is 15.1 Å². The second kappa shape index (κ2) is 7.44. The Morgan fingerprint density at radius 1 is 1.48 bits per heavy atom. The summed E-state index contributed by atoms with van der Waals surface area (Å²) >= 11 is 0. The van der Waals surface area contributed by atoms with Crippen LogP contribution in [0.25, 0.3) is 0 Å². The number of benzene rings is 1. The highest BCUT2D eigenvalue weighted by molar-refractivity contribution is 6.00. The Morgan fingerprint density at radius 3 is 2.93 bits per heavy atom. The number of halogens is 1. The number of amides is 1. The van der Waals surface area contributed by atoms with Crippen molar-refractivity contribution < 1.29 is 18.7 Å². The summed E-state index contributed by atoms with van der Waals surface area (Å²) in [4.78, 5) is 14.4. The maximum Gasteiger partial charge on any atom is 0.235 e. The molecule has 1 aliphatic carbocycles. The van der Waals surface area contributed by atoms with Crippen LogP contribution >= 0.6 is 0 Å². The molecule has 0 spiro atoms. The lowest BCUT2D eigenvalue weighted by molar-refractivity contribution is -0.150. The van der Waals surface area contributed by atoms with Crippen molar-refractivity contribution in [1.29, 1.82) is 5.41 Å². The van der Waals surface area contributed by atoms with Crippen LogP contribution < -0.4 is 10.1 Å². The Bertz CT molecular complexity index is 854. The number of nitrogens with zero attached hydrogens (tertiary/aromatic N) is 1. The molecule has 29 heavy (non-hydrogen) atoms. The molecule has 3 aliphatic rings. The molecular formula is C22H28FN3O3. The van der Waals surface area contributed by atoms with Gasteiger partial charge in [0.1, 0.15) is 23.7 Å². The number of ether oxygens (including phenoxy) is 2. The van der Waals surface area contributed by atoms with Crippen molar-refractivity contribution in [1.82, 2.24) is 10.2 Å². The third kappa shape index (κ3) is 3.52. The van der Waals surface area contributed by atoms with Gasteiger partial charge in [-0.05, 0) is 55.4 Å². The quantitative estimate of drug-likeness (QED) is 0.718. The molecule has 0 unspecified atom stereocenters. The number of nitrogens with one attached hydrogen (secondary N) is 2. The van der Waals surface area contributed by atoms with E-state index in [1.54, 1.807) is 19.2 Å². The van der Waals surface area contributed by atoms with Gasteiger partial charge in [-0.3, -0.25) is 15.1 Å². The Kier molecular flexibility index (Phi) is 5.11. The lowest BCUT2D eigenvalue weighted by atomic mass is 9.71. The lowest BCUT2D eigenvalue weighted by Gasteiger charge is -2.51. The molecule has 2 saturated heterocycles. The van der Waals surface area contributed by atoms with Gasteiger partial charge in [0.15, 0.2) is 5.96 Å². The number of fused-ring (bicyclic) bond motifs is 1. The van der Waals surface area contributed by atoms with Crippen LogP contribution in [0.2, 0.25) is 0 Å². The maximum atomic E-state index is 15.0. The summed E-state index contributed by atoms with van der Waals surface area (Å²) in [6, 6.07) is 4.56. The predicted molar refractivity (Wildman–Crippen MR) is 107 cm³/mol. The molecule has 0 aromatic heterocycles. The van der Waals surface area contributed by atoms with Crippen LogP contribution in [0.4, 0.5) is 4.39 Å². The smallest absolute Gasteiger partial charge is 0.235 e. The highest BCUT2D eigenvalue weighted by Crippen LogP contribution is 2.47. The van der Waals surface area contributed by atoms with Gasteiger partial charge in [-0.1, -0.05) is 13.5 Å². The highest BCUT2D eigenvalue weighted by atomic mass is 19.1. The van der Waals surface area contributed by atoms with Crippen molar-refractivity contribution in [2.24, 2.45) is 11.8 Å². The largest absolute Gasteiger partial charge is 0.489 e. The molecular weight excluding hydrogens is 373 g/mol. The van der Waals surface area contributed by atoms with Gasteiger partial charge < -0.3 is 14.8 Å². The molecule has 1 aromatic carbocycles. The predicted octanol–water partition coefficient (Wildman–Crippen LogP) is 3.18. The Balaban J connectivity index is 1.70. The number of carbonyl (C=O) groups excluding carboxylic acids is 1. The fourth-order valence-corrected chi connectivity index (χ4v) is 4.27. The average molecular weight is 401 g/mol. The molecule has 6 nitrogen and oxygen atoms in total. The van der Waals surface area contributed by atoms with Crippen LogP contribution in [0.15, 0.2) is 30.4 Å². The van der Waals surface area contributed by atoms with Crippen LogP contribution in [0, 0.1) is 23.1 Å². The van der Waals surface area contributed by atoms with Crippen LogP contribution in [0.5, 0.6) is 5.75 Å². The molecule has 2 aliphatic heterocycles. The SMILES string of the molecule is C=C(CC)COc1ccc(F)c([C@]23CO[C@@H](C4CC4)C[C@H]2C(=O)N(C)C(=N)N3)c1. The highest BCUT2D eigenvalue weighted by Gasteiger charge is 2.56. The minimum absolute atomic E-state index is 0.00920. The standard InChI is InChI=1S/C22H28FN3O3/c1-4-13(2)11-28-15-7-8-18(23)16(9-15)22-12-29-19(14-5-6-14)10-17(22)20(27)26(3)21(24)25-22/h7-9,14,17,19H,2,4-6,10-12H2,1,3H3,(H2,24,25)/t17-,19+,22+/m0/s1. The van der Waals surface area contributed by atoms with Gasteiger partial charge in [0.2, 0.25) is 5.91 Å². The minimum atomic E-state index is -1.11. The third-order valence-corrected chi connectivity index (χ3v) is 6.40. The third-order valence-electron chi connectivity index (χ3n) is 6.40. The number of guanidine groups is 1. The van der Waals surface area contributed by atoms with E-state index < -0.39 is 17.3 Å². The van der Waals surface area contributed by atoms with Crippen LogP contribution in [-0.4, -0.2) is 43.1 Å². The van der Waals surface area contributed by atoms with Gasteiger partial charge in [0.05, 0.1) is 18.6 Å². The molecule has 0 bridgehead atoms. The van der Waals surface area contributed by atoms with Gasteiger partial charge in [0.25, 0.3) is 0 Å². The van der Waals surface area contributed by atoms with E-state index in [-0.39, 0.29) is 24.6 Å². The first kappa shape index (κ1) is 19.9. The second-order valence-corrected chi connectivity index (χ2v) is 8.35. The minimum Gasteiger partial charge on any atom is -0.489 e. The molecule has 7 heteroatoms. The van der Waals surface area contributed by atoms with Gasteiger partial charge >= 0.3 is 0 Å². The summed E-state index contributed by atoms with van der Waals surface area (Å²) in [7, 11) is 1.58. The zero-order valence-electron chi connectivity index (χ0n) is 17.0. The number of rotatable bonds is 6. The van der Waals surface area contributed by atoms with Crippen LogP contribution in [0.3, 0.4) is 0 Å². The fourth-order valence-electron chi connectivity index (χ4n) is 4.27. The molecule has 156 valence electrons. The van der Waals surface area contributed by atoms with Crippen molar-refractivity contribution in [3.05, 3.63) is 41.7 Å². The molecule has 3 fully saturated rings. The van der Waals surface area contributed by atoms with E-state index in [4.69, 9.17) is 14.9 Å². The average Bonchev–Trinajstić information content (AvgIpc) is 3.56. The molecule has 0 radical (unpaired) electrons. The molecule has 2 heterocycles. The van der Waals surface area contributed by atoms with Crippen molar-refractivity contribution >= 4 is 11.9 Å². The number of hydrogen-bond acceptors (Lipinski definition) is 4. The zero-order valence-corrected chi connectivity index (χ0v) is 17.0. The summed E-state index contributed by atoms with van der Waals surface area (Å²) in [5.74, 6) is -0.183. The van der Waals surface area contributed by atoms with Crippen molar-refractivity contribution in [2.45, 2.75) is 44.2 Å². The maximum absolute atomic E-state index is 15.0. The first-order valence-corrected chi connectivity index (χ1v) is 10.2. The molecule has 1 amide bonds. The van der Waals surface area contributed by atoms with Crippen molar-refractivity contribution in [3.63, 3.8) is 0 Å². The zero-order chi connectivity index (χ0) is 20.8. The van der Waals surface area contributed by atoms with E-state index in [0.717, 1.165) is 24.8 Å². The van der Waals surface area contributed by atoms with E-state index >= 15 is 4.39 Å². The van der Waals surface area contributed by atoms with E-state index in [9.17, 15) is 4.79 Å². The van der Waals surface area contributed by atoms with Gasteiger partial charge in [-0.2, -0.15) is 0 Å². The van der Waals surface area contributed by atoms with Gasteiger partial charge in [-0.25, -0.2) is 4.39 Å². The molecule has 1 aromatic rings. The molecule has 1 saturated carbocycles. The summed E-state index contributed by atoms with van der Waals surface area (Å²) in [5, 5.41) is 11.3. The molecule has 2 N–H and O–H groups in total. The lowest BCUT2D eigenvalue weighted by Crippen LogP contribution is -2.69. The summed E-state index contributed by atoms with van der Waals surface area (Å²) in [5.41, 5.74) is 0.134. The van der Waals surface area contributed by atoms with Crippen molar-refractivity contribution in [2.75, 3.05) is 20.3 Å². The topological polar surface area (TPSA) is 74.7 Å². The molecule has 3 atom stereocenters. The first-order valence-electron chi connectivity index (χ1n) is 10.2. The first-order chi connectivity index (χ1) is 13.9. The van der Waals surface area contributed by atoms with Crippen LogP contribution in [0.1, 0.15) is 38.2 Å². The van der Waals surface area contributed by atoms with Crippen molar-refractivity contribution in [3.8, 4) is 5.75 Å². The van der Waals surface area contributed by atoms with Gasteiger partial charge in [0, 0.05) is 12.6 Å². The number of hydrogen-bond donors (Lipinski definition) is 2.